The van der Waals surface area contributed by atoms with Crippen LogP contribution in [0, 0.1) is 0 Å². The van der Waals surface area contributed by atoms with Crippen molar-refractivity contribution in [1.82, 2.24) is 0 Å². The van der Waals surface area contributed by atoms with Crippen LogP contribution in [-0.4, -0.2) is 7.11 Å². The molecule has 1 aliphatic rings. The quantitative estimate of drug-likeness (QED) is 0.743. The van der Waals surface area contributed by atoms with Gasteiger partial charge in [0.2, 0.25) is 0 Å². The second kappa shape index (κ2) is 7.34. The number of hydrogen-bond donors (Lipinski definition) is 0. The van der Waals surface area contributed by atoms with Crippen LogP contribution in [0.15, 0.2) is 60.7 Å². The fraction of sp³-hybridized carbons (Fsp3) is 0.158. The standard InChI is InChI=1S/C10H12O.C9H8/c1-3-4-9-5-7-10(11-2)8-6-9;1-2-5-9-7-3-6-8(9)4-1/h3-8H,1-2H3;1-6H,7H2/b4-3+;. The van der Waals surface area contributed by atoms with Gasteiger partial charge < -0.3 is 4.74 Å². The summed E-state index contributed by atoms with van der Waals surface area (Å²) in [5.74, 6) is 0.901. The number of methoxy groups -OCH3 is 1. The number of fused-ring (bicyclic) bond motifs is 1. The molecule has 3 rings (SSSR count). The van der Waals surface area contributed by atoms with Crippen LogP contribution in [0.3, 0.4) is 0 Å². The Morgan fingerprint density at radius 3 is 2.40 bits per heavy atom. The highest BCUT2D eigenvalue weighted by Gasteiger charge is 2.00. The Hall–Kier alpha value is -2.28. The van der Waals surface area contributed by atoms with Crippen LogP contribution in [-0.2, 0) is 6.42 Å². The van der Waals surface area contributed by atoms with Gasteiger partial charge in [0.1, 0.15) is 5.75 Å². The third-order valence-corrected chi connectivity index (χ3v) is 3.17. The third-order valence-electron chi connectivity index (χ3n) is 3.17. The predicted octanol–water partition coefficient (Wildman–Crippen LogP) is 4.98. The first kappa shape index (κ1) is 14.1. The Labute approximate surface area is 121 Å². The molecular formula is C19H20O. The maximum absolute atomic E-state index is 5.02. The highest BCUT2D eigenvalue weighted by molar-refractivity contribution is 5.59. The molecule has 0 N–H and O–H groups in total. The largest absolute Gasteiger partial charge is 0.497 e. The van der Waals surface area contributed by atoms with Gasteiger partial charge >= 0.3 is 0 Å². The summed E-state index contributed by atoms with van der Waals surface area (Å²) in [4.78, 5) is 0. The molecule has 102 valence electrons. The lowest BCUT2D eigenvalue weighted by molar-refractivity contribution is 0.415. The van der Waals surface area contributed by atoms with E-state index in [2.05, 4.69) is 42.5 Å². The fourth-order valence-corrected chi connectivity index (χ4v) is 2.10. The molecule has 0 atom stereocenters. The first-order valence-corrected chi connectivity index (χ1v) is 6.84. The van der Waals surface area contributed by atoms with E-state index in [4.69, 9.17) is 4.74 Å². The SMILES string of the molecule is C/C=C/c1ccc(OC)cc1.C1=Cc2ccccc2C1. The van der Waals surface area contributed by atoms with Crippen molar-refractivity contribution in [2.75, 3.05) is 7.11 Å². The molecule has 1 heteroatoms. The van der Waals surface area contributed by atoms with Gasteiger partial charge in [0.25, 0.3) is 0 Å². The molecule has 0 heterocycles. The lowest BCUT2D eigenvalue weighted by atomic mass is 10.1. The molecule has 0 aliphatic heterocycles. The molecule has 0 saturated carbocycles. The van der Waals surface area contributed by atoms with E-state index in [1.54, 1.807) is 7.11 Å². The van der Waals surface area contributed by atoms with Crippen LogP contribution < -0.4 is 4.74 Å². The molecule has 0 aromatic heterocycles. The van der Waals surface area contributed by atoms with Crippen molar-refractivity contribution in [2.24, 2.45) is 0 Å². The molecular weight excluding hydrogens is 244 g/mol. The van der Waals surface area contributed by atoms with Crippen molar-refractivity contribution in [1.29, 1.82) is 0 Å². The van der Waals surface area contributed by atoms with Gasteiger partial charge in [-0.3, -0.25) is 0 Å². The number of rotatable bonds is 2. The van der Waals surface area contributed by atoms with E-state index in [-0.39, 0.29) is 0 Å². The van der Waals surface area contributed by atoms with Crippen LogP contribution in [0.4, 0.5) is 0 Å². The molecule has 0 radical (unpaired) electrons. The van der Waals surface area contributed by atoms with E-state index in [0.29, 0.717) is 0 Å². The lowest BCUT2D eigenvalue weighted by Crippen LogP contribution is -1.80. The molecule has 0 saturated heterocycles. The molecule has 20 heavy (non-hydrogen) atoms. The molecule has 2 aromatic rings. The first-order valence-electron chi connectivity index (χ1n) is 6.84. The summed E-state index contributed by atoms with van der Waals surface area (Å²) >= 11 is 0. The Kier molecular flexibility index (Phi) is 5.19. The second-order valence-electron chi connectivity index (χ2n) is 4.58. The molecule has 0 amide bonds. The molecule has 2 aromatic carbocycles. The number of hydrogen-bond acceptors (Lipinski definition) is 1. The van der Waals surface area contributed by atoms with Gasteiger partial charge in [-0.1, -0.05) is 60.7 Å². The van der Waals surface area contributed by atoms with Gasteiger partial charge in [0.15, 0.2) is 0 Å². The van der Waals surface area contributed by atoms with Gasteiger partial charge in [0, 0.05) is 0 Å². The van der Waals surface area contributed by atoms with Crippen molar-refractivity contribution in [2.45, 2.75) is 13.3 Å². The van der Waals surface area contributed by atoms with Crippen LogP contribution in [0.5, 0.6) is 5.75 Å². The van der Waals surface area contributed by atoms with E-state index in [1.165, 1.54) is 16.7 Å². The minimum Gasteiger partial charge on any atom is -0.497 e. The van der Waals surface area contributed by atoms with E-state index in [0.717, 1.165) is 12.2 Å². The molecule has 0 spiro atoms. The van der Waals surface area contributed by atoms with Crippen LogP contribution >= 0.6 is 0 Å². The zero-order valence-corrected chi connectivity index (χ0v) is 12.0. The summed E-state index contributed by atoms with van der Waals surface area (Å²) in [6.07, 6.45) is 9.57. The summed E-state index contributed by atoms with van der Waals surface area (Å²) in [6.45, 7) is 2.00. The zero-order valence-electron chi connectivity index (χ0n) is 12.0. The summed E-state index contributed by atoms with van der Waals surface area (Å²) in [7, 11) is 1.67. The number of benzene rings is 2. The normalized spacial score (nSPS) is 11.9. The van der Waals surface area contributed by atoms with Gasteiger partial charge in [-0.25, -0.2) is 0 Å². The molecule has 0 bridgehead atoms. The zero-order chi connectivity index (χ0) is 14.2. The lowest BCUT2D eigenvalue weighted by Gasteiger charge is -1.98. The third kappa shape index (κ3) is 3.86. The summed E-state index contributed by atoms with van der Waals surface area (Å²) in [5, 5.41) is 0. The summed E-state index contributed by atoms with van der Waals surface area (Å²) in [5.41, 5.74) is 4.04. The van der Waals surface area contributed by atoms with Gasteiger partial charge in [-0.05, 0) is 42.2 Å². The van der Waals surface area contributed by atoms with Crippen molar-refractivity contribution < 1.29 is 4.74 Å². The summed E-state index contributed by atoms with van der Waals surface area (Å²) < 4.78 is 5.02. The maximum atomic E-state index is 5.02. The van der Waals surface area contributed by atoms with Gasteiger partial charge in [0.05, 0.1) is 7.11 Å². The minimum absolute atomic E-state index is 0.901. The van der Waals surface area contributed by atoms with E-state index < -0.39 is 0 Å². The van der Waals surface area contributed by atoms with Crippen molar-refractivity contribution >= 4 is 12.2 Å². The summed E-state index contributed by atoms with van der Waals surface area (Å²) in [6, 6.07) is 16.5. The van der Waals surface area contributed by atoms with Gasteiger partial charge in [-0.2, -0.15) is 0 Å². The predicted molar refractivity (Wildman–Crippen MR) is 86.9 cm³/mol. The number of allylic oxidation sites excluding steroid dienone is 2. The fourth-order valence-electron chi connectivity index (χ4n) is 2.10. The highest BCUT2D eigenvalue weighted by atomic mass is 16.5. The monoisotopic (exact) mass is 264 g/mol. The smallest absolute Gasteiger partial charge is 0.118 e. The Morgan fingerprint density at radius 1 is 1.00 bits per heavy atom. The average molecular weight is 264 g/mol. The van der Waals surface area contributed by atoms with Crippen LogP contribution in [0.2, 0.25) is 0 Å². The van der Waals surface area contributed by atoms with Gasteiger partial charge in [-0.15, -0.1) is 0 Å². The Morgan fingerprint density at radius 2 is 1.75 bits per heavy atom. The van der Waals surface area contributed by atoms with E-state index >= 15 is 0 Å². The van der Waals surface area contributed by atoms with Crippen molar-refractivity contribution in [3.8, 4) is 5.75 Å². The first-order chi connectivity index (χ1) is 9.83. The Bertz CT molecular complexity index is 591. The number of ether oxygens (including phenoxy) is 1. The van der Waals surface area contributed by atoms with Crippen LogP contribution in [0.1, 0.15) is 23.6 Å². The average Bonchev–Trinajstić information content (AvgIpc) is 2.97. The molecule has 0 unspecified atom stereocenters. The molecule has 0 fully saturated rings. The van der Waals surface area contributed by atoms with Crippen LogP contribution in [0.25, 0.3) is 12.2 Å². The second-order valence-corrected chi connectivity index (χ2v) is 4.58. The van der Waals surface area contributed by atoms with E-state index in [1.807, 2.05) is 37.3 Å². The van der Waals surface area contributed by atoms with Crippen molar-refractivity contribution in [3.63, 3.8) is 0 Å². The molecule has 1 nitrogen and oxygen atoms in total. The van der Waals surface area contributed by atoms with E-state index in [9.17, 15) is 0 Å². The molecule has 1 aliphatic carbocycles. The topological polar surface area (TPSA) is 9.23 Å². The van der Waals surface area contributed by atoms with Crippen molar-refractivity contribution in [3.05, 3.63) is 77.4 Å². The Balaban J connectivity index is 0.000000149. The highest BCUT2D eigenvalue weighted by Crippen LogP contribution is 2.17. The minimum atomic E-state index is 0.901. The maximum Gasteiger partial charge on any atom is 0.118 e.